The predicted molar refractivity (Wildman–Crippen MR) is 72.3 cm³/mol. The zero-order chi connectivity index (χ0) is 12.6. The highest BCUT2D eigenvalue weighted by molar-refractivity contribution is 9.10. The van der Waals surface area contributed by atoms with Gasteiger partial charge in [-0.05, 0) is 41.1 Å². The van der Waals surface area contributed by atoms with Crippen LogP contribution in [0, 0.1) is 11.8 Å². The van der Waals surface area contributed by atoms with Gasteiger partial charge in [0.15, 0.2) is 5.82 Å². The lowest BCUT2D eigenvalue weighted by Gasteiger charge is -2.42. The quantitative estimate of drug-likeness (QED) is 0.866. The van der Waals surface area contributed by atoms with E-state index in [1.807, 2.05) is 0 Å². The van der Waals surface area contributed by atoms with Crippen LogP contribution >= 0.6 is 15.9 Å². The lowest BCUT2D eigenvalue weighted by Crippen LogP contribution is -2.46. The van der Waals surface area contributed by atoms with Gasteiger partial charge < -0.3 is 9.88 Å². The Morgan fingerprint density at radius 2 is 2.18 bits per heavy atom. The van der Waals surface area contributed by atoms with Crippen molar-refractivity contribution < 1.29 is 0 Å². The maximum absolute atomic E-state index is 11.6. The second kappa shape index (κ2) is 4.80. The summed E-state index contributed by atoms with van der Waals surface area (Å²) in [5, 5.41) is 0. The Bertz CT molecular complexity index is 459. The van der Waals surface area contributed by atoms with Crippen molar-refractivity contribution in [3.05, 3.63) is 21.2 Å². The average molecular weight is 300 g/mol. The van der Waals surface area contributed by atoms with Gasteiger partial charge in [-0.3, -0.25) is 4.79 Å². The highest BCUT2D eigenvalue weighted by Crippen LogP contribution is 2.32. The van der Waals surface area contributed by atoms with Crippen molar-refractivity contribution in [3.8, 4) is 0 Å². The first-order valence-corrected chi connectivity index (χ1v) is 6.79. The summed E-state index contributed by atoms with van der Waals surface area (Å²) in [4.78, 5) is 20.7. The van der Waals surface area contributed by atoms with Gasteiger partial charge in [-0.2, -0.15) is 0 Å². The second-order valence-electron chi connectivity index (χ2n) is 5.08. The van der Waals surface area contributed by atoms with E-state index in [0.29, 0.717) is 22.4 Å². The molecule has 3 atom stereocenters. The van der Waals surface area contributed by atoms with Crippen LogP contribution in [0.2, 0.25) is 0 Å². The van der Waals surface area contributed by atoms with E-state index in [9.17, 15) is 4.79 Å². The van der Waals surface area contributed by atoms with E-state index in [1.165, 1.54) is 12.7 Å². The minimum absolute atomic E-state index is 0.118. The molecular formula is C12H18BrN3O. The Kier molecular flexibility index (Phi) is 3.56. The first-order valence-electron chi connectivity index (χ1n) is 6.00. The number of anilines is 1. The molecule has 1 fully saturated rings. The molecule has 1 aliphatic rings. The molecule has 1 aromatic rings. The van der Waals surface area contributed by atoms with E-state index in [-0.39, 0.29) is 5.56 Å². The molecule has 1 saturated heterocycles. The Morgan fingerprint density at radius 1 is 1.47 bits per heavy atom. The van der Waals surface area contributed by atoms with Gasteiger partial charge in [0.05, 0.1) is 6.33 Å². The molecule has 0 spiro atoms. The zero-order valence-corrected chi connectivity index (χ0v) is 12.0. The summed E-state index contributed by atoms with van der Waals surface area (Å²) in [6.07, 6.45) is 2.71. The van der Waals surface area contributed by atoms with E-state index in [4.69, 9.17) is 0 Å². The van der Waals surface area contributed by atoms with E-state index in [2.05, 4.69) is 51.6 Å². The molecule has 0 aromatic carbocycles. The molecule has 0 aliphatic carbocycles. The van der Waals surface area contributed by atoms with Crippen LogP contribution in [0.25, 0.3) is 0 Å². The third kappa shape index (κ3) is 2.39. The highest BCUT2D eigenvalue weighted by Gasteiger charge is 2.30. The van der Waals surface area contributed by atoms with Crippen LogP contribution < -0.4 is 10.5 Å². The third-order valence-electron chi connectivity index (χ3n) is 3.65. The monoisotopic (exact) mass is 299 g/mol. The Hall–Kier alpha value is -0.840. The molecule has 17 heavy (non-hydrogen) atoms. The van der Waals surface area contributed by atoms with Crippen LogP contribution in [0.3, 0.4) is 0 Å². The largest absolute Gasteiger partial charge is 0.352 e. The van der Waals surface area contributed by atoms with Gasteiger partial charge in [-0.25, -0.2) is 4.98 Å². The molecule has 3 unspecified atom stereocenters. The maximum Gasteiger partial charge on any atom is 0.267 e. The van der Waals surface area contributed by atoms with Crippen LogP contribution in [-0.4, -0.2) is 22.6 Å². The SMILES string of the molecule is CC1CC(C)C(C)N(c2nc[nH]c(=O)c2Br)C1. The number of hydrogen-bond acceptors (Lipinski definition) is 3. The van der Waals surface area contributed by atoms with Crippen molar-refractivity contribution in [2.75, 3.05) is 11.4 Å². The van der Waals surface area contributed by atoms with E-state index in [1.54, 1.807) is 0 Å². The van der Waals surface area contributed by atoms with Gasteiger partial charge in [0.25, 0.3) is 5.56 Å². The number of hydrogen-bond donors (Lipinski definition) is 1. The molecule has 2 heterocycles. The topological polar surface area (TPSA) is 49.0 Å². The molecule has 0 amide bonds. The normalized spacial score (nSPS) is 29.4. The summed E-state index contributed by atoms with van der Waals surface area (Å²) in [5.74, 6) is 2.01. The van der Waals surface area contributed by atoms with Gasteiger partial charge in [0, 0.05) is 12.6 Å². The Balaban J connectivity index is 2.38. The predicted octanol–water partition coefficient (Wildman–Crippen LogP) is 2.40. The molecule has 0 bridgehead atoms. The molecule has 0 saturated carbocycles. The van der Waals surface area contributed by atoms with Crippen molar-refractivity contribution in [2.24, 2.45) is 11.8 Å². The fourth-order valence-electron chi connectivity index (χ4n) is 2.57. The van der Waals surface area contributed by atoms with Crippen molar-refractivity contribution >= 4 is 21.7 Å². The van der Waals surface area contributed by atoms with Crippen molar-refractivity contribution in [1.82, 2.24) is 9.97 Å². The van der Waals surface area contributed by atoms with E-state index in [0.717, 1.165) is 12.4 Å². The average Bonchev–Trinajstić information content (AvgIpc) is 2.27. The first kappa shape index (κ1) is 12.6. The van der Waals surface area contributed by atoms with E-state index >= 15 is 0 Å². The van der Waals surface area contributed by atoms with Gasteiger partial charge in [0.2, 0.25) is 0 Å². The van der Waals surface area contributed by atoms with Crippen LogP contribution in [0.15, 0.2) is 15.6 Å². The Labute approximate surface area is 110 Å². The van der Waals surface area contributed by atoms with Crippen LogP contribution in [0.4, 0.5) is 5.82 Å². The number of rotatable bonds is 1. The summed E-state index contributed by atoms with van der Waals surface area (Å²) in [5.41, 5.74) is -0.118. The lowest BCUT2D eigenvalue weighted by molar-refractivity contribution is 0.295. The zero-order valence-electron chi connectivity index (χ0n) is 10.4. The second-order valence-corrected chi connectivity index (χ2v) is 5.87. The molecule has 0 radical (unpaired) electrons. The smallest absolute Gasteiger partial charge is 0.267 e. The molecule has 1 N–H and O–H groups in total. The molecule has 1 aromatic heterocycles. The first-order chi connectivity index (χ1) is 8.00. The van der Waals surface area contributed by atoms with Gasteiger partial charge in [0.1, 0.15) is 4.47 Å². The van der Waals surface area contributed by atoms with Crippen molar-refractivity contribution in [3.63, 3.8) is 0 Å². The summed E-state index contributed by atoms with van der Waals surface area (Å²) < 4.78 is 0.535. The number of piperidine rings is 1. The standard InChI is InChI=1S/C12H18BrN3O/c1-7-4-8(2)9(3)16(5-7)11-10(13)12(17)15-6-14-11/h6-9H,4-5H2,1-3H3,(H,14,15,17). The molecule has 2 rings (SSSR count). The lowest BCUT2D eigenvalue weighted by atomic mass is 9.86. The van der Waals surface area contributed by atoms with Gasteiger partial charge in [-0.1, -0.05) is 13.8 Å². The number of aromatic amines is 1. The Morgan fingerprint density at radius 3 is 2.88 bits per heavy atom. The number of H-pyrrole nitrogens is 1. The van der Waals surface area contributed by atoms with Crippen molar-refractivity contribution in [1.29, 1.82) is 0 Å². The molecule has 4 nitrogen and oxygen atoms in total. The highest BCUT2D eigenvalue weighted by atomic mass is 79.9. The maximum atomic E-state index is 11.6. The minimum atomic E-state index is -0.118. The summed E-state index contributed by atoms with van der Waals surface area (Å²) >= 11 is 3.34. The van der Waals surface area contributed by atoms with Crippen LogP contribution in [-0.2, 0) is 0 Å². The summed E-state index contributed by atoms with van der Waals surface area (Å²) in [7, 11) is 0. The summed E-state index contributed by atoms with van der Waals surface area (Å²) in [6.45, 7) is 7.66. The van der Waals surface area contributed by atoms with Gasteiger partial charge in [-0.15, -0.1) is 0 Å². The number of halogens is 1. The fourth-order valence-corrected chi connectivity index (χ4v) is 3.01. The summed E-state index contributed by atoms with van der Waals surface area (Å²) in [6, 6.07) is 0.414. The molecule has 94 valence electrons. The molecular weight excluding hydrogens is 282 g/mol. The van der Waals surface area contributed by atoms with Crippen molar-refractivity contribution in [2.45, 2.75) is 33.2 Å². The minimum Gasteiger partial charge on any atom is -0.352 e. The molecule has 1 aliphatic heterocycles. The third-order valence-corrected chi connectivity index (χ3v) is 4.36. The molecule has 5 heteroatoms. The van der Waals surface area contributed by atoms with Crippen LogP contribution in [0.5, 0.6) is 0 Å². The number of nitrogens with one attached hydrogen (secondary N) is 1. The fraction of sp³-hybridized carbons (Fsp3) is 0.667. The number of nitrogens with zero attached hydrogens (tertiary/aromatic N) is 2. The van der Waals surface area contributed by atoms with Gasteiger partial charge >= 0.3 is 0 Å². The number of aromatic nitrogens is 2. The van der Waals surface area contributed by atoms with Crippen LogP contribution in [0.1, 0.15) is 27.2 Å². The van der Waals surface area contributed by atoms with E-state index < -0.39 is 0 Å².